The molecule has 1 aliphatic rings. The second-order valence-electron chi connectivity index (χ2n) is 5.29. The molecule has 100 valence electrons. The van der Waals surface area contributed by atoms with Gasteiger partial charge in [0.25, 0.3) is 0 Å². The van der Waals surface area contributed by atoms with Crippen molar-refractivity contribution in [3.05, 3.63) is 35.9 Å². The van der Waals surface area contributed by atoms with Gasteiger partial charge >= 0.3 is 0 Å². The van der Waals surface area contributed by atoms with Crippen LogP contribution in [-0.4, -0.2) is 30.4 Å². The lowest BCUT2D eigenvalue weighted by atomic mass is 10.0. The Labute approximate surface area is 109 Å². The highest BCUT2D eigenvalue weighted by molar-refractivity contribution is 5.17. The summed E-state index contributed by atoms with van der Waals surface area (Å²) in [5.41, 5.74) is 0.986. The Morgan fingerprint density at radius 1 is 1.39 bits per heavy atom. The first-order chi connectivity index (χ1) is 8.70. The molecular formula is C15H23NO2. The van der Waals surface area contributed by atoms with E-state index in [9.17, 15) is 5.11 Å². The van der Waals surface area contributed by atoms with E-state index in [0.29, 0.717) is 0 Å². The van der Waals surface area contributed by atoms with E-state index in [4.69, 9.17) is 4.74 Å². The molecule has 3 heteroatoms. The third-order valence-electron chi connectivity index (χ3n) is 3.58. The van der Waals surface area contributed by atoms with Crippen molar-refractivity contribution in [2.45, 2.75) is 37.9 Å². The molecule has 1 aliphatic heterocycles. The van der Waals surface area contributed by atoms with Crippen molar-refractivity contribution in [1.82, 2.24) is 5.32 Å². The number of benzene rings is 1. The molecule has 2 N–H and O–H groups in total. The van der Waals surface area contributed by atoms with Gasteiger partial charge in [0.15, 0.2) is 0 Å². The van der Waals surface area contributed by atoms with Crippen LogP contribution < -0.4 is 5.32 Å². The average molecular weight is 249 g/mol. The minimum atomic E-state index is -0.379. The Bertz CT molecular complexity index is 347. The Morgan fingerprint density at radius 2 is 2.17 bits per heavy atom. The van der Waals surface area contributed by atoms with Crippen molar-refractivity contribution in [2.24, 2.45) is 0 Å². The smallest absolute Gasteiger partial charge is 0.0802 e. The molecule has 2 rings (SSSR count). The molecule has 0 saturated carbocycles. The number of aliphatic hydroxyl groups excluding tert-OH is 1. The number of aliphatic hydroxyl groups is 1. The molecule has 1 saturated heterocycles. The Morgan fingerprint density at radius 3 is 2.83 bits per heavy atom. The molecule has 1 heterocycles. The number of hydrogen-bond acceptors (Lipinski definition) is 3. The van der Waals surface area contributed by atoms with Crippen molar-refractivity contribution in [3.63, 3.8) is 0 Å². The van der Waals surface area contributed by atoms with E-state index in [-0.39, 0.29) is 11.7 Å². The molecule has 1 aromatic rings. The highest BCUT2D eigenvalue weighted by Gasteiger charge is 2.28. The SMILES string of the molecule is CC1(CNCC[C@@H](O)c2ccccc2)CCCO1. The van der Waals surface area contributed by atoms with Crippen LogP contribution in [0.3, 0.4) is 0 Å². The number of nitrogens with one attached hydrogen (secondary N) is 1. The average Bonchev–Trinajstić information content (AvgIpc) is 2.83. The summed E-state index contributed by atoms with van der Waals surface area (Å²) >= 11 is 0. The van der Waals surface area contributed by atoms with Crippen molar-refractivity contribution in [1.29, 1.82) is 0 Å². The topological polar surface area (TPSA) is 41.5 Å². The number of ether oxygens (including phenoxy) is 1. The van der Waals surface area contributed by atoms with E-state index in [1.54, 1.807) is 0 Å². The summed E-state index contributed by atoms with van der Waals surface area (Å²) in [4.78, 5) is 0. The molecule has 0 amide bonds. The maximum Gasteiger partial charge on any atom is 0.0802 e. The summed E-state index contributed by atoms with van der Waals surface area (Å²) in [5, 5.41) is 13.4. The van der Waals surface area contributed by atoms with Crippen LogP contribution in [0.15, 0.2) is 30.3 Å². The van der Waals surface area contributed by atoms with Gasteiger partial charge in [-0.2, -0.15) is 0 Å². The Hall–Kier alpha value is -0.900. The third-order valence-corrected chi connectivity index (χ3v) is 3.58. The summed E-state index contributed by atoms with van der Waals surface area (Å²) in [7, 11) is 0. The van der Waals surface area contributed by atoms with E-state index < -0.39 is 0 Å². The fraction of sp³-hybridized carbons (Fsp3) is 0.600. The van der Waals surface area contributed by atoms with Gasteiger partial charge in [-0.15, -0.1) is 0 Å². The van der Waals surface area contributed by atoms with Gasteiger partial charge in [-0.1, -0.05) is 30.3 Å². The molecule has 1 fully saturated rings. The normalized spacial score (nSPS) is 25.2. The molecule has 1 unspecified atom stereocenters. The van der Waals surface area contributed by atoms with E-state index in [0.717, 1.165) is 44.5 Å². The molecular weight excluding hydrogens is 226 g/mol. The van der Waals surface area contributed by atoms with E-state index >= 15 is 0 Å². The van der Waals surface area contributed by atoms with Crippen LogP contribution in [0.5, 0.6) is 0 Å². The van der Waals surface area contributed by atoms with Gasteiger partial charge in [0.05, 0.1) is 11.7 Å². The van der Waals surface area contributed by atoms with Gasteiger partial charge in [-0.05, 0) is 38.3 Å². The minimum Gasteiger partial charge on any atom is -0.388 e. The lowest BCUT2D eigenvalue weighted by Crippen LogP contribution is -2.37. The molecule has 2 atom stereocenters. The standard InChI is InChI=1S/C15H23NO2/c1-15(9-5-11-18-15)12-16-10-8-14(17)13-6-3-2-4-7-13/h2-4,6-7,14,16-17H,5,8-12H2,1H3/t14-,15?/m1/s1. The largest absolute Gasteiger partial charge is 0.388 e. The van der Waals surface area contributed by atoms with Crippen molar-refractivity contribution < 1.29 is 9.84 Å². The van der Waals surface area contributed by atoms with Crippen LogP contribution in [0.25, 0.3) is 0 Å². The zero-order valence-corrected chi connectivity index (χ0v) is 11.1. The Balaban J connectivity index is 1.66. The summed E-state index contributed by atoms with van der Waals surface area (Å²) in [6.07, 6.45) is 2.64. The highest BCUT2D eigenvalue weighted by atomic mass is 16.5. The maximum atomic E-state index is 10.0. The molecule has 0 spiro atoms. The zero-order valence-electron chi connectivity index (χ0n) is 11.1. The summed E-state index contributed by atoms with van der Waals surface area (Å²) < 4.78 is 5.71. The van der Waals surface area contributed by atoms with Crippen molar-refractivity contribution in [3.8, 4) is 0 Å². The van der Waals surface area contributed by atoms with Crippen LogP contribution in [0.4, 0.5) is 0 Å². The molecule has 3 nitrogen and oxygen atoms in total. The quantitative estimate of drug-likeness (QED) is 0.760. The maximum absolute atomic E-state index is 10.0. The number of rotatable bonds is 6. The predicted molar refractivity (Wildman–Crippen MR) is 72.5 cm³/mol. The van der Waals surface area contributed by atoms with E-state index in [1.807, 2.05) is 30.3 Å². The van der Waals surface area contributed by atoms with Gasteiger partial charge in [-0.3, -0.25) is 0 Å². The molecule has 0 bridgehead atoms. The second kappa shape index (κ2) is 6.32. The van der Waals surface area contributed by atoms with Gasteiger partial charge < -0.3 is 15.2 Å². The summed E-state index contributed by atoms with van der Waals surface area (Å²) in [5.74, 6) is 0. The van der Waals surface area contributed by atoms with Crippen molar-refractivity contribution >= 4 is 0 Å². The fourth-order valence-electron chi connectivity index (χ4n) is 2.41. The van der Waals surface area contributed by atoms with Crippen LogP contribution in [0.1, 0.15) is 37.9 Å². The van der Waals surface area contributed by atoms with Crippen LogP contribution in [0, 0.1) is 0 Å². The van der Waals surface area contributed by atoms with Crippen molar-refractivity contribution in [2.75, 3.05) is 19.7 Å². The van der Waals surface area contributed by atoms with E-state index in [1.165, 1.54) is 0 Å². The third kappa shape index (κ3) is 3.80. The zero-order chi connectivity index (χ0) is 12.8. The summed E-state index contributed by atoms with van der Waals surface area (Å²) in [6, 6.07) is 9.81. The molecule has 0 radical (unpaired) electrons. The van der Waals surface area contributed by atoms with Gasteiger partial charge in [0, 0.05) is 13.2 Å². The number of hydrogen-bond donors (Lipinski definition) is 2. The first-order valence-corrected chi connectivity index (χ1v) is 6.77. The fourth-order valence-corrected chi connectivity index (χ4v) is 2.41. The molecule has 0 aromatic heterocycles. The highest BCUT2D eigenvalue weighted by Crippen LogP contribution is 2.24. The predicted octanol–water partition coefficient (Wildman–Crippen LogP) is 2.27. The molecule has 0 aliphatic carbocycles. The van der Waals surface area contributed by atoms with Crippen LogP contribution in [-0.2, 0) is 4.74 Å². The summed E-state index contributed by atoms with van der Waals surface area (Å²) in [6.45, 7) is 4.72. The molecule has 18 heavy (non-hydrogen) atoms. The lowest BCUT2D eigenvalue weighted by molar-refractivity contribution is 0.0202. The lowest BCUT2D eigenvalue weighted by Gasteiger charge is -2.23. The first-order valence-electron chi connectivity index (χ1n) is 6.77. The monoisotopic (exact) mass is 249 g/mol. The minimum absolute atomic E-state index is 0.00228. The van der Waals surface area contributed by atoms with E-state index in [2.05, 4.69) is 12.2 Å². The Kier molecular flexibility index (Phi) is 4.75. The van der Waals surface area contributed by atoms with Crippen LogP contribution >= 0.6 is 0 Å². The second-order valence-corrected chi connectivity index (χ2v) is 5.29. The van der Waals surface area contributed by atoms with Gasteiger partial charge in [0.1, 0.15) is 0 Å². The van der Waals surface area contributed by atoms with Gasteiger partial charge in [0.2, 0.25) is 0 Å². The first kappa shape index (κ1) is 13.5. The van der Waals surface area contributed by atoms with Gasteiger partial charge in [-0.25, -0.2) is 0 Å². The molecule has 1 aromatic carbocycles. The van der Waals surface area contributed by atoms with Crippen LogP contribution in [0.2, 0.25) is 0 Å².